The number of carbonyl (C=O) groups excluding carboxylic acids is 2. The topological polar surface area (TPSA) is 68.1 Å². The SMILES string of the molecule is CCOC(=O)c1ccc(/N=N/c2ccc3c(c2)C(=O)CCC3(C)C)cc1. The van der Waals surface area contributed by atoms with Crippen LogP contribution in [0.3, 0.4) is 0 Å². The normalized spacial score (nSPS) is 15.7. The first-order valence-corrected chi connectivity index (χ1v) is 8.77. The lowest BCUT2D eigenvalue weighted by Crippen LogP contribution is -2.27. The molecule has 3 rings (SSSR count). The Balaban J connectivity index is 1.80. The van der Waals surface area contributed by atoms with Gasteiger partial charge in [0.05, 0.1) is 23.5 Å². The molecule has 0 aromatic heterocycles. The molecule has 0 fully saturated rings. The fourth-order valence-electron chi connectivity index (χ4n) is 3.10. The van der Waals surface area contributed by atoms with Crippen molar-refractivity contribution in [3.05, 3.63) is 59.2 Å². The lowest BCUT2D eigenvalue weighted by Gasteiger charge is -2.31. The third-order valence-corrected chi connectivity index (χ3v) is 4.67. The standard InChI is InChI=1S/C21H22N2O3/c1-4-26-20(25)14-5-7-15(8-6-14)22-23-16-9-10-18-17(13-16)19(24)11-12-21(18,2)3/h5-10,13H,4,11-12H2,1-3H3/b23-22+. The Morgan fingerprint density at radius 1 is 1.08 bits per heavy atom. The Labute approximate surface area is 153 Å². The number of rotatable bonds is 4. The molecule has 1 aliphatic carbocycles. The summed E-state index contributed by atoms with van der Waals surface area (Å²) in [6, 6.07) is 12.4. The summed E-state index contributed by atoms with van der Waals surface area (Å²) in [5, 5.41) is 8.43. The number of azo groups is 1. The van der Waals surface area contributed by atoms with E-state index in [9.17, 15) is 9.59 Å². The van der Waals surface area contributed by atoms with Gasteiger partial charge >= 0.3 is 5.97 Å². The number of ether oxygens (including phenoxy) is 1. The highest BCUT2D eigenvalue weighted by atomic mass is 16.5. The van der Waals surface area contributed by atoms with E-state index in [-0.39, 0.29) is 17.2 Å². The van der Waals surface area contributed by atoms with Gasteiger partial charge in [0.1, 0.15) is 0 Å². The van der Waals surface area contributed by atoms with E-state index < -0.39 is 0 Å². The first-order valence-electron chi connectivity index (χ1n) is 8.77. The molecule has 0 heterocycles. The zero-order valence-corrected chi connectivity index (χ0v) is 15.3. The molecule has 0 bridgehead atoms. The fourth-order valence-corrected chi connectivity index (χ4v) is 3.10. The Hall–Kier alpha value is -2.82. The molecule has 0 atom stereocenters. The second kappa shape index (κ2) is 7.20. The van der Waals surface area contributed by atoms with Gasteiger partial charge in [-0.1, -0.05) is 19.9 Å². The molecule has 0 N–H and O–H groups in total. The van der Waals surface area contributed by atoms with Crippen molar-refractivity contribution in [2.45, 2.75) is 39.0 Å². The van der Waals surface area contributed by atoms with Crippen molar-refractivity contribution in [2.75, 3.05) is 6.61 Å². The number of fused-ring (bicyclic) bond motifs is 1. The number of esters is 1. The van der Waals surface area contributed by atoms with E-state index in [4.69, 9.17) is 4.74 Å². The molecule has 5 heteroatoms. The molecule has 2 aromatic carbocycles. The van der Waals surface area contributed by atoms with Gasteiger partial charge in [-0.05, 0) is 60.7 Å². The van der Waals surface area contributed by atoms with E-state index in [1.807, 2.05) is 18.2 Å². The van der Waals surface area contributed by atoms with Crippen molar-refractivity contribution in [3.63, 3.8) is 0 Å². The van der Waals surface area contributed by atoms with E-state index in [1.165, 1.54) is 0 Å². The number of ketones is 1. The van der Waals surface area contributed by atoms with Crippen LogP contribution in [0.15, 0.2) is 52.7 Å². The van der Waals surface area contributed by atoms with Crippen molar-refractivity contribution in [1.29, 1.82) is 0 Å². The molecule has 0 aliphatic heterocycles. The minimum Gasteiger partial charge on any atom is -0.462 e. The highest BCUT2D eigenvalue weighted by molar-refractivity contribution is 5.99. The number of nitrogens with zero attached hydrogens (tertiary/aromatic N) is 2. The Morgan fingerprint density at radius 2 is 1.73 bits per heavy atom. The van der Waals surface area contributed by atoms with Crippen LogP contribution >= 0.6 is 0 Å². The summed E-state index contributed by atoms with van der Waals surface area (Å²) < 4.78 is 4.95. The van der Waals surface area contributed by atoms with E-state index in [0.29, 0.717) is 30.0 Å². The van der Waals surface area contributed by atoms with E-state index in [1.54, 1.807) is 31.2 Å². The summed E-state index contributed by atoms with van der Waals surface area (Å²) in [7, 11) is 0. The van der Waals surface area contributed by atoms with Gasteiger partial charge < -0.3 is 4.74 Å². The smallest absolute Gasteiger partial charge is 0.338 e. The zero-order chi connectivity index (χ0) is 18.7. The molecule has 0 spiro atoms. The summed E-state index contributed by atoms with van der Waals surface area (Å²) in [6.45, 7) is 6.42. The van der Waals surface area contributed by atoms with E-state index >= 15 is 0 Å². The molecule has 0 unspecified atom stereocenters. The molecule has 26 heavy (non-hydrogen) atoms. The average molecular weight is 350 g/mol. The monoisotopic (exact) mass is 350 g/mol. The number of carbonyl (C=O) groups is 2. The number of hydrogen-bond donors (Lipinski definition) is 0. The number of Topliss-reactive ketones (excluding diaryl/α,β-unsaturated/α-hetero) is 1. The first kappa shape index (κ1) is 18.0. The van der Waals surface area contributed by atoms with Gasteiger partial charge in [-0.3, -0.25) is 4.79 Å². The van der Waals surface area contributed by atoms with Crippen molar-refractivity contribution >= 4 is 23.1 Å². The highest BCUT2D eigenvalue weighted by Gasteiger charge is 2.31. The van der Waals surface area contributed by atoms with Gasteiger partial charge in [-0.25, -0.2) is 4.79 Å². The molecular weight excluding hydrogens is 328 g/mol. The van der Waals surface area contributed by atoms with Crippen molar-refractivity contribution in [2.24, 2.45) is 10.2 Å². The summed E-state index contributed by atoms with van der Waals surface area (Å²) >= 11 is 0. The molecule has 2 aromatic rings. The van der Waals surface area contributed by atoms with E-state index in [0.717, 1.165) is 17.5 Å². The predicted molar refractivity (Wildman–Crippen MR) is 99.6 cm³/mol. The fraction of sp³-hybridized carbons (Fsp3) is 0.333. The molecule has 0 amide bonds. The second-order valence-electron chi connectivity index (χ2n) is 7.00. The quantitative estimate of drug-likeness (QED) is 0.537. The third-order valence-electron chi connectivity index (χ3n) is 4.67. The van der Waals surface area contributed by atoms with E-state index in [2.05, 4.69) is 24.1 Å². The molecule has 134 valence electrons. The maximum Gasteiger partial charge on any atom is 0.338 e. The molecule has 5 nitrogen and oxygen atoms in total. The van der Waals surface area contributed by atoms with Crippen molar-refractivity contribution < 1.29 is 14.3 Å². The van der Waals surface area contributed by atoms with Crippen LogP contribution in [-0.2, 0) is 10.2 Å². The minimum absolute atomic E-state index is 0.00183. The minimum atomic E-state index is -0.355. The molecule has 0 saturated carbocycles. The van der Waals surface area contributed by atoms with Crippen LogP contribution in [0.5, 0.6) is 0 Å². The lowest BCUT2D eigenvalue weighted by atomic mass is 9.72. The Kier molecular flexibility index (Phi) is 4.98. The predicted octanol–water partition coefficient (Wildman–Crippen LogP) is 5.53. The average Bonchev–Trinajstić information content (AvgIpc) is 2.64. The maximum absolute atomic E-state index is 12.2. The summed E-state index contributed by atoms with van der Waals surface area (Å²) in [4.78, 5) is 23.9. The highest BCUT2D eigenvalue weighted by Crippen LogP contribution is 2.38. The van der Waals surface area contributed by atoms with Crippen molar-refractivity contribution in [3.8, 4) is 0 Å². The molecule has 0 saturated heterocycles. The van der Waals surface area contributed by atoms with Gasteiger partial charge in [-0.2, -0.15) is 10.2 Å². The lowest BCUT2D eigenvalue weighted by molar-refractivity contribution is 0.0526. The summed E-state index contributed by atoms with van der Waals surface area (Å²) in [5.41, 5.74) is 3.57. The summed E-state index contributed by atoms with van der Waals surface area (Å²) in [6.07, 6.45) is 1.43. The van der Waals surface area contributed by atoms with Crippen LogP contribution in [0.25, 0.3) is 0 Å². The number of hydrogen-bond acceptors (Lipinski definition) is 5. The largest absolute Gasteiger partial charge is 0.462 e. The van der Waals surface area contributed by atoms with Crippen LogP contribution in [0.1, 0.15) is 59.9 Å². The first-order chi connectivity index (χ1) is 12.4. The Bertz CT molecular complexity index is 867. The van der Waals surface area contributed by atoms with Crippen LogP contribution in [0.2, 0.25) is 0 Å². The van der Waals surface area contributed by atoms with Gasteiger partial charge in [0.2, 0.25) is 0 Å². The van der Waals surface area contributed by atoms with Crippen LogP contribution in [-0.4, -0.2) is 18.4 Å². The van der Waals surface area contributed by atoms with Gasteiger partial charge in [0.15, 0.2) is 5.78 Å². The molecule has 1 aliphatic rings. The van der Waals surface area contributed by atoms with Gasteiger partial charge in [0, 0.05) is 12.0 Å². The zero-order valence-electron chi connectivity index (χ0n) is 15.3. The van der Waals surface area contributed by atoms with Crippen molar-refractivity contribution in [1.82, 2.24) is 0 Å². The van der Waals surface area contributed by atoms with Crippen LogP contribution in [0.4, 0.5) is 11.4 Å². The summed E-state index contributed by atoms with van der Waals surface area (Å²) in [5.74, 6) is -0.193. The maximum atomic E-state index is 12.2. The molecular formula is C21H22N2O3. The van der Waals surface area contributed by atoms with Gasteiger partial charge in [0.25, 0.3) is 0 Å². The Morgan fingerprint density at radius 3 is 2.42 bits per heavy atom. The second-order valence-corrected chi connectivity index (χ2v) is 7.00. The van der Waals surface area contributed by atoms with Gasteiger partial charge in [-0.15, -0.1) is 0 Å². The molecule has 0 radical (unpaired) electrons. The number of benzene rings is 2. The third kappa shape index (κ3) is 3.72. The van der Waals surface area contributed by atoms with Crippen LogP contribution in [0, 0.1) is 0 Å². The van der Waals surface area contributed by atoms with Crippen LogP contribution < -0.4 is 0 Å².